The number of hydrogen-bond donors (Lipinski definition) is 0. The van der Waals surface area contributed by atoms with Crippen LogP contribution in [0.1, 0.15) is 0 Å². The van der Waals surface area contributed by atoms with Gasteiger partial charge in [0.05, 0.1) is 33.1 Å². The lowest BCUT2D eigenvalue weighted by molar-refractivity contribution is 0.953. The second-order valence-corrected chi connectivity index (χ2v) is 17.6. The van der Waals surface area contributed by atoms with Crippen LogP contribution >= 0.6 is 0 Å². The first-order valence-electron chi connectivity index (χ1n) is 23.4. The molecule has 0 saturated carbocycles. The molecular formula is C63H40N6. The number of benzene rings is 10. The number of nitrogens with zero attached hydrogens (tertiary/aromatic N) is 6. The Morgan fingerprint density at radius 2 is 0.667 bits per heavy atom. The molecule has 0 N–H and O–H groups in total. The van der Waals surface area contributed by atoms with Crippen molar-refractivity contribution in [2.75, 3.05) is 0 Å². The van der Waals surface area contributed by atoms with Crippen LogP contribution < -0.4 is 0 Å². The molecule has 14 aromatic rings. The minimum atomic E-state index is 0.549. The number of aromatic nitrogens is 6. The fourth-order valence-corrected chi connectivity index (χ4v) is 10.6. The smallest absolute Gasteiger partial charge is 0.238 e. The van der Waals surface area contributed by atoms with Gasteiger partial charge in [-0.05, 0) is 82.9 Å². The van der Waals surface area contributed by atoms with E-state index in [2.05, 4.69) is 238 Å². The highest BCUT2D eigenvalue weighted by atomic mass is 15.2. The van der Waals surface area contributed by atoms with Gasteiger partial charge in [0.1, 0.15) is 0 Å². The van der Waals surface area contributed by atoms with Crippen molar-refractivity contribution in [1.29, 1.82) is 0 Å². The number of fused-ring (bicyclic) bond motifs is 10. The molecule has 0 spiro atoms. The summed E-state index contributed by atoms with van der Waals surface area (Å²) >= 11 is 0. The highest BCUT2D eigenvalue weighted by Crippen LogP contribution is 2.43. The first-order chi connectivity index (χ1) is 34.2. The van der Waals surface area contributed by atoms with Crippen molar-refractivity contribution in [1.82, 2.24) is 28.7 Å². The third-order valence-corrected chi connectivity index (χ3v) is 13.7. The fourth-order valence-electron chi connectivity index (χ4n) is 10.6. The Labute approximate surface area is 397 Å². The molecule has 10 aromatic carbocycles. The summed E-state index contributed by atoms with van der Waals surface area (Å²) in [7, 11) is 0. The standard InChI is InChI=1S/C63H40N6/c1-4-17-41(18-5-1)42-31-33-43(34-32-42)45-21-16-24-48(39-45)68-56-29-14-10-25-49(56)52-36-37-53-50-26-11-15-30-57(50)69(60(53)59(52)68)63-65-61(44-19-6-2-7-20-44)64-62(66-63)46-35-38-58-54(40-46)51-27-12-13-28-55(51)67(58)47-22-8-3-9-23-47/h1-40H. The van der Waals surface area contributed by atoms with Crippen molar-refractivity contribution in [3.05, 3.63) is 243 Å². The minimum absolute atomic E-state index is 0.549. The highest BCUT2D eigenvalue weighted by Gasteiger charge is 2.24. The van der Waals surface area contributed by atoms with Crippen molar-refractivity contribution < 1.29 is 0 Å². The summed E-state index contributed by atoms with van der Waals surface area (Å²) < 4.78 is 7.04. The Balaban J connectivity index is 1.02. The van der Waals surface area contributed by atoms with Crippen LogP contribution in [0.5, 0.6) is 0 Å². The van der Waals surface area contributed by atoms with Gasteiger partial charge in [-0.3, -0.25) is 4.57 Å². The third-order valence-electron chi connectivity index (χ3n) is 13.7. The topological polar surface area (TPSA) is 53.5 Å². The molecular weight excluding hydrogens is 841 g/mol. The molecule has 0 amide bonds. The SMILES string of the molecule is c1ccc(-c2ccc(-c3cccc(-n4c5ccccc5c5ccc6c7ccccc7n(-c7nc(-c8ccccc8)nc(-c8ccc9c(c8)c8ccccc8n9-c8ccccc8)n7)c6c54)c3)cc2)cc1. The molecule has 14 rings (SSSR count). The summed E-state index contributed by atoms with van der Waals surface area (Å²) in [6, 6.07) is 86.3. The molecule has 4 heterocycles. The molecule has 69 heavy (non-hydrogen) atoms. The van der Waals surface area contributed by atoms with Crippen LogP contribution in [0.25, 0.3) is 128 Å². The van der Waals surface area contributed by atoms with Crippen molar-refractivity contribution in [3.8, 4) is 62.4 Å². The Hall–Kier alpha value is -9.39. The molecule has 0 fully saturated rings. The Bertz CT molecular complexity index is 4280. The summed E-state index contributed by atoms with van der Waals surface area (Å²) in [5, 5.41) is 6.87. The highest BCUT2D eigenvalue weighted by molar-refractivity contribution is 6.23. The van der Waals surface area contributed by atoms with Gasteiger partial charge >= 0.3 is 0 Å². The number of rotatable bonds is 7. The van der Waals surface area contributed by atoms with E-state index in [1.807, 2.05) is 18.2 Å². The maximum Gasteiger partial charge on any atom is 0.238 e. The second-order valence-electron chi connectivity index (χ2n) is 17.6. The number of hydrogen-bond acceptors (Lipinski definition) is 3. The van der Waals surface area contributed by atoms with Crippen molar-refractivity contribution in [2.45, 2.75) is 0 Å². The summed E-state index contributed by atoms with van der Waals surface area (Å²) in [6.07, 6.45) is 0. The predicted molar refractivity (Wildman–Crippen MR) is 285 cm³/mol. The van der Waals surface area contributed by atoms with Gasteiger partial charge in [-0.1, -0.05) is 182 Å². The zero-order valence-corrected chi connectivity index (χ0v) is 37.3. The van der Waals surface area contributed by atoms with Crippen molar-refractivity contribution in [2.24, 2.45) is 0 Å². The average Bonchev–Trinajstić information content (AvgIpc) is 4.07. The summed E-state index contributed by atoms with van der Waals surface area (Å²) in [5.74, 6) is 1.75. The molecule has 0 saturated heterocycles. The van der Waals surface area contributed by atoms with E-state index in [1.165, 1.54) is 21.9 Å². The first kappa shape index (κ1) is 38.8. The molecule has 6 nitrogen and oxygen atoms in total. The van der Waals surface area contributed by atoms with E-state index in [4.69, 9.17) is 15.0 Å². The van der Waals surface area contributed by atoms with E-state index in [-0.39, 0.29) is 0 Å². The Kier molecular flexibility index (Phi) is 8.79. The Morgan fingerprint density at radius 1 is 0.232 bits per heavy atom. The van der Waals surface area contributed by atoms with Gasteiger partial charge in [0.25, 0.3) is 0 Å². The van der Waals surface area contributed by atoms with E-state index in [0.29, 0.717) is 17.6 Å². The molecule has 6 heteroatoms. The van der Waals surface area contributed by atoms with E-state index in [1.54, 1.807) is 0 Å². The molecule has 0 radical (unpaired) electrons. The van der Waals surface area contributed by atoms with Crippen LogP contribution in [0.15, 0.2) is 243 Å². The molecule has 0 aliphatic rings. The van der Waals surface area contributed by atoms with Gasteiger partial charge in [0.15, 0.2) is 11.6 Å². The monoisotopic (exact) mass is 880 g/mol. The van der Waals surface area contributed by atoms with Crippen LogP contribution in [0.3, 0.4) is 0 Å². The van der Waals surface area contributed by atoms with Crippen LogP contribution in [-0.4, -0.2) is 28.7 Å². The van der Waals surface area contributed by atoms with Crippen molar-refractivity contribution in [3.63, 3.8) is 0 Å². The van der Waals surface area contributed by atoms with Gasteiger partial charge in [0, 0.05) is 54.8 Å². The largest absolute Gasteiger partial charge is 0.309 e. The predicted octanol–water partition coefficient (Wildman–Crippen LogP) is 15.8. The van der Waals surface area contributed by atoms with Crippen LogP contribution in [0, 0.1) is 0 Å². The summed E-state index contributed by atoms with van der Waals surface area (Å²) in [6.45, 7) is 0. The van der Waals surface area contributed by atoms with Gasteiger partial charge in [-0.15, -0.1) is 0 Å². The second kappa shape index (κ2) is 15.6. The molecule has 0 unspecified atom stereocenters. The van der Waals surface area contributed by atoms with Crippen LogP contribution in [0.4, 0.5) is 0 Å². The van der Waals surface area contributed by atoms with E-state index < -0.39 is 0 Å². The molecule has 0 atom stereocenters. The number of para-hydroxylation sites is 4. The van der Waals surface area contributed by atoms with Gasteiger partial charge < -0.3 is 9.13 Å². The zero-order chi connectivity index (χ0) is 45.4. The minimum Gasteiger partial charge on any atom is -0.309 e. The quantitative estimate of drug-likeness (QED) is 0.160. The fraction of sp³-hybridized carbons (Fsp3) is 0. The Morgan fingerprint density at radius 3 is 1.32 bits per heavy atom. The molecule has 0 aliphatic heterocycles. The molecule has 4 aromatic heterocycles. The van der Waals surface area contributed by atoms with Gasteiger partial charge in [-0.2, -0.15) is 9.97 Å². The van der Waals surface area contributed by atoms with Gasteiger partial charge in [-0.25, -0.2) is 4.98 Å². The van der Waals surface area contributed by atoms with Crippen LogP contribution in [0.2, 0.25) is 0 Å². The van der Waals surface area contributed by atoms with Gasteiger partial charge in [0.2, 0.25) is 5.95 Å². The molecule has 0 aliphatic carbocycles. The normalized spacial score (nSPS) is 11.8. The molecule has 0 bridgehead atoms. The van der Waals surface area contributed by atoms with E-state index in [9.17, 15) is 0 Å². The average molecular weight is 881 g/mol. The van der Waals surface area contributed by atoms with E-state index in [0.717, 1.165) is 88.3 Å². The van der Waals surface area contributed by atoms with Crippen molar-refractivity contribution >= 4 is 65.4 Å². The van der Waals surface area contributed by atoms with Crippen LogP contribution in [-0.2, 0) is 0 Å². The lowest BCUT2D eigenvalue weighted by atomic mass is 10.00. The lowest BCUT2D eigenvalue weighted by Gasteiger charge is -2.14. The third kappa shape index (κ3) is 6.23. The molecule has 322 valence electrons. The maximum absolute atomic E-state index is 5.49. The summed E-state index contributed by atoms with van der Waals surface area (Å²) in [4.78, 5) is 16.2. The van der Waals surface area contributed by atoms with E-state index >= 15 is 0 Å². The summed E-state index contributed by atoms with van der Waals surface area (Å²) in [5.41, 5.74) is 15.2. The maximum atomic E-state index is 5.49. The lowest BCUT2D eigenvalue weighted by Crippen LogP contribution is -2.07. The first-order valence-corrected chi connectivity index (χ1v) is 23.4. The zero-order valence-electron chi connectivity index (χ0n) is 37.3.